The zero-order valence-electron chi connectivity index (χ0n) is 22.5. The summed E-state index contributed by atoms with van der Waals surface area (Å²) in [5, 5.41) is 2.41. The molecule has 0 atom stereocenters. The normalized spacial score (nSPS) is 11.5. The first-order valence-corrected chi connectivity index (χ1v) is 14.6. The highest BCUT2D eigenvalue weighted by Gasteiger charge is 2.19. The van der Waals surface area contributed by atoms with Crippen molar-refractivity contribution in [3.8, 4) is 38.8 Å². The molecule has 0 saturated carbocycles. The quantitative estimate of drug-likeness (QED) is 0.211. The first-order valence-electron chi connectivity index (χ1n) is 13.8. The molecular weight excluding hydrogens is 517 g/mol. The van der Waals surface area contributed by atoms with Crippen LogP contribution in [0.15, 0.2) is 133 Å². The van der Waals surface area contributed by atoms with Crippen molar-refractivity contribution in [3.05, 3.63) is 133 Å². The van der Waals surface area contributed by atoms with Crippen LogP contribution >= 0.6 is 11.3 Å². The molecule has 41 heavy (non-hydrogen) atoms. The van der Waals surface area contributed by atoms with Gasteiger partial charge in [-0.2, -0.15) is 0 Å². The Morgan fingerprint density at radius 2 is 1.15 bits per heavy atom. The fourth-order valence-corrected chi connectivity index (χ4v) is 6.83. The predicted molar refractivity (Wildman–Crippen MR) is 176 cm³/mol. The summed E-state index contributed by atoms with van der Waals surface area (Å²) in [7, 11) is 2.15. The molecule has 0 N–H and O–H groups in total. The smallest absolute Gasteiger partial charge is 0.235 e. The standard InChI is InChI=1S/C36H24BN3S/c37-27-17-19-32-29(21-27)28-20-26(23-10-4-1-5-11-23)16-18-31(28)40(32)36-38-30-22-33(24-12-6-2-7-13-24)41-35(30)34(39-36)25-14-8-3-9-15-25/h1-22H,37H2. The van der Waals surface area contributed by atoms with Gasteiger partial charge < -0.3 is 0 Å². The van der Waals surface area contributed by atoms with Crippen molar-refractivity contribution in [1.29, 1.82) is 0 Å². The van der Waals surface area contributed by atoms with E-state index in [4.69, 9.17) is 9.97 Å². The maximum atomic E-state index is 5.29. The van der Waals surface area contributed by atoms with Gasteiger partial charge in [-0.1, -0.05) is 115 Å². The van der Waals surface area contributed by atoms with Crippen molar-refractivity contribution in [2.24, 2.45) is 0 Å². The maximum Gasteiger partial charge on any atom is 0.235 e. The first kappa shape index (κ1) is 23.9. The van der Waals surface area contributed by atoms with E-state index >= 15 is 0 Å². The first-order chi connectivity index (χ1) is 20.2. The molecule has 0 bridgehead atoms. The van der Waals surface area contributed by atoms with Crippen molar-refractivity contribution < 1.29 is 0 Å². The molecule has 0 radical (unpaired) electrons. The summed E-state index contributed by atoms with van der Waals surface area (Å²) in [6, 6.07) is 47.1. The highest BCUT2D eigenvalue weighted by atomic mass is 32.1. The summed E-state index contributed by atoms with van der Waals surface area (Å²) in [6.07, 6.45) is 0. The van der Waals surface area contributed by atoms with Crippen molar-refractivity contribution >= 4 is 56.7 Å². The third-order valence-corrected chi connectivity index (χ3v) is 8.87. The summed E-state index contributed by atoms with van der Waals surface area (Å²) in [4.78, 5) is 11.7. The number of aromatic nitrogens is 3. The van der Waals surface area contributed by atoms with E-state index in [9.17, 15) is 0 Å². The molecule has 0 aliphatic carbocycles. The Morgan fingerprint density at radius 1 is 0.537 bits per heavy atom. The van der Waals surface area contributed by atoms with Gasteiger partial charge in [0.25, 0.3) is 0 Å². The highest BCUT2D eigenvalue weighted by Crippen LogP contribution is 2.40. The van der Waals surface area contributed by atoms with Crippen LogP contribution in [0, 0.1) is 0 Å². The van der Waals surface area contributed by atoms with Gasteiger partial charge in [0.2, 0.25) is 5.95 Å². The Labute approximate surface area is 242 Å². The van der Waals surface area contributed by atoms with Crippen molar-refractivity contribution in [2.45, 2.75) is 0 Å². The predicted octanol–water partition coefficient (Wildman–Crippen LogP) is 8.05. The van der Waals surface area contributed by atoms with E-state index < -0.39 is 0 Å². The van der Waals surface area contributed by atoms with E-state index in [2.05, 4.69) is 140 Å². The third kappa shape index (κ3) is 4.05. The number of nitrogens with zero attached hydrogens (tertiary/aromatic N) is 3. The van der Waals surface area contributed by atoms with Crippen molar-refractivity contribution in [2.75, 3.05) is 0 Å². The van der Waals surface area contributed by atoms with E-state index in [1.807, 2.05) is 6.07 Å². The van der Waals surface area contributed by atoms with Gasteiger partial charge in [-0.25, -0.2) is 9.97 Å². The summed E-state index contributed by atoms with van der Waals surface area (Å²) in [5.41, 5.74) is 10.0. The molecule has 0 fully saturated rings. The minimum atomic E-state index is 0.685. The second-order valence-electron chi connectivity index (χ2n) is 10.4. The summed E-state index contributed by atoms with van der Waals surface area (Å²) >= 11 is 1.75. The van der Waals surface area contributed by atoms with Gasteiger partial charge in [-0.3, -0.25) is 4.57 Å². The average molecular weight is 541 g/mol. The minimum absolute atomic E-state index is 0.685. The highest BCUT2D eigenvalue weighted by molar-refractivity contribution is 7.22. The number of benzene rings is 5. The van der Waals surface area contributed by atoms with Gasteiger partial charge in [0.05, 0.1) is 26.9 Å². The van der Waals surface area contributed by atoms with Crippen LogP contribution in [0.4, 0.5) is 0 Å². The van der Waals surface area contributed by atoms with Gasteiger partial charge in [-0.05, 0) is 41.0 Å². The van der Waals surface area contributed by atoms with Crippen LogP contribution in [0.25, 0.3) is 70.8 Å². The lowest BCUT2D eigenvalue weighted by Gasteiger charge is -2.10. The molecule has 3 nitrogen and oxygen atoms in total. The molecule has 0 saturated heterocycles. The zero-order chi connectivity index (χ0) is 27.3. The monoisotopic (exact) mass is 541 g/mol. The van der Waals surface area contributed by atoms with E-state index in [0.717, 1.165) is 32.5 Å². The topological polar surface area (TPSA) is 30.7 Å². The summed E-state index contributed by atoms with van der Waals surface area (Å²) in [5.74, 6) is 0.685. The molecule has 0 aliphatic heterocycles. The molecule has 0 unspecified atom stereocenters. The molecule has 5 heteroatoms. The number of hydrogen-bond acceptors (Lipinski definition) is 3. The Balaban J connectivity index is 1.42. The van der Waals surface area contributed by atoms with Crippen LogP contribution in [0.5, 0.6) is 0 Å². The molecule has 8 rings (SSSR count). The number of hydrogen-bond donors (Lipinski definition) is 0. The number of fused-ring (bicyclic) bond motifs is 4. The molecule has 0 aliphatic rings. The second-order valence-corrected chi connectivity index (χ2v) is 11.4. The Bertz CT molecular complexity index is 2200. The van der Waals surface area contributed by atoms with Gasteiger partial charge in [-0.15, -0.1) is 11.3 Å². The fraction of sp³-hybridized carbons (Fsp3) is 0. The zero-order valence-corrected chi connectivity index (χ0v) is 23.3. The SMILES string of the molecule is Bc1ccc2c(c1)c1cc(-c3ccccc3)ccc1n2-c1nc(-c2ccccc2)c2sc(-c3ccccc3)cc2n1. The van der Waals surface area contributed by atoms with Gasteiger partial charge >= 0.3 is 0 Å². The number of thiophene rings is 1. The second kappa shape index (κ2) is 9.58. The third-order valence-electron chi connectivity index (χ3n) is 7.69. The molecule has 192 valence electrons. The van der Waals surface area contributed by atoms with E-state index in [0.29, 0.717) is 5.95 Å². The lowest BCUT2D eigenvalue weighted by atomic mass is 9.94. The summed E-state index contributed by atoms with van der Waals surface area (Å²) in [6.45, 7) is 0. The summed E-state index contributed by atoms with van der Waals surface area (Å²) < 4.78 is 3.33. The van der Waals surface area contributed by atoms with Crippen LogP contribution in [0.3, 0.4) is 0 Å². The average Bonchev–Trinajstić information content (AvgIpc) is 3.61. The molecule has 3 heterocycles. The molecule has 8 aromatic rings. The minimum Gasteiger partial charge on any atom is -0.278 e. The molecule has 0 spiro atoms. The molecular formula is C36H24BN3S. The Hall–Kier alpha value is -5.00. The fourth-order valence-electron chi connectivity index (χ4n) is 5.72. The molecule has 3 aromatic heterocycles. The van der Waals surface area contributed by atoms with Crippen molar-refractivity contribution in [3.63, 3.8) is 0 Å². The molecule has 5 aromatic carbocycles. The van der Waals surface area contributed by atoms with E-state index in [1.165, 1.54) is 37.8 Å². The van der Waals surface area contributed by atoms with E-state index in [-0.39, 0.29) is 0 Å². The van der Waals surface area contributed by atoms with Crippen LogP contribution in [0.1, 0.15) is 0 Å². The Kier molecular flexibility index (Phi) is 5.57. The van der Waals surface area contributed by atoms with Gasteiger partial charge in [0, 0.05) is 21.2 Å². The lowest BCUT2D eigenvalue weighted by Crippen LogP contribution is -2.04. The molecule has 0 amide bonds. The lowest BCUT2D eigenvalue weighted by molar-refractivity contribution is 1.02. The maximum absolute atomic E-state index is 5.29. The van der Waals surface area contributed by atoms with Gasteiger partial charge in [0.15, 0.2) is 0 Å². The van der Waals surface area contributed by atoms with Crippen molar-refractivity contribution in [1.82, 2.24) is 14.5 Å². The van der Waals surface area contributed by atoms with Crippen LogP contribution in [-0.4, -0.2) is 22.4 Å². The van der Waals surface area contributed by atoms with E-state index in [1.54, 1.807) is 11.3 Å². The number of rotatable bonds is 4. The van der Waals surface area contributed by atoms with Crippen LogP contribution in [0.2, 0.25) is 0 Å². The van der Waals surface area contributed by atoms with Crippen LogP contribution in [-0.2, 0) is 0 Å². The van der Waals surface area contributed by atoms with Crippen LogP contribution < -0.4 is 5.46 Å². The largest absolute Gasteiger partial charge is 0.278 e. The Morgan fingerprint density at radius 3 is 1.85 bits per heavy atom. The van der Waals surface area contributed by atoms with Gasteiger partial charge in [0.1, 0.15) is 7.85 Å².